The van der Waals surface area contributed by atoms with Crippen LogP contribution in [0, 0.1) is 0 Å². The van der Waals surface area contributed by atoms with Crippen molar-refractivity contribution in [1.29, 1.82) is 0 Å². The Labute approximate surface area is 172 Å². The zero-order valence-corrected chi connectivity index (χ0v) is 18.8. The van der Waals surface area contributed by atoms with Gasteiger partial charge in [0.2, 0.25) is 0 Å². The molecule has 0 aromatic heterocycles. The number of aliphatic hydroxyl groups is 1. The topological polar surface area (TPSA) is 77.4 Å². The van der Waals surface area contributed by atoms with Crippen molar-refractivity contribution < 1.29 is 47.6 Å². The van der Waals surface area contributed by atoms with E-state index in [-0.39, 0.29) is 41.4 Å². The fraction of sp³-hybridized carbons (Fsp3) is 1.00. The summed E-state index contributed by atoms with van der Waals surface area (Å²) in [6, 6.07) is 0. The molecule has 0 rings (SSSR count). The van der Waals surface area contributed by atoms with Crippen molar-refractivity contribution in [2.45, 2.75) is 109 Å². The predicted octanol–water partition coefficient (Wildman–Crippen LogP) is 1.77. The Morgan fingerprint density at radius 2 is 1.12 bits per heavy atom. The van der Waals surface area contributed by atoms with Gasteiger partial charge in [0.1, 0.15) is 0 Å². The Morgan fingerprint density at radius 3 is 1.54 bits per heavy atom. The van der Waals surface area contributed by atoms with Crippen LogP contribution >= 0.6 is 0 Å². The molecule has 0 radical (unpaired) electrons. The summed E-state index contributed by atoms with van der Waals surface area (Å²) in [6.45, 7) is 2.18. The minimum Gasteiger partial charge on any atom is -0.748 e. The standard InChI is InChI=1S/C18H38O4S.Na/c1-2-3-12-15-18(19)16-13-10-8-6-4-5-7-9-11-14-17-23(20,21)22;/h18-19H,2-17H2,1H3,(H,20,21,22);/q;+1/p-1. The first-order chi connectivity index (χ1) is 11.0. The maximum Gasteiger partial charge on any atom is 1.00 e. The third-order valence-electron chi connectivity index (χ3n) is 4.32. The maximum absolute atomic E-state index is 10.4. The molecule has 0 bridgehead atoms. The molecule has 1 atom stereocenters. The van der Waals surface area contributed by atoms with Crippen LogP contribution in [-0.4, -0.2) is 29.9 Å². The van der Waals surface area contributed by atoms with Crippen molar-refractivity contribution in [2.24, 2.45) is 0 Å². The molecule has 0 aliphatic rings. The molecule has 24 heavy (non-hydrogen) atoms. The van der Waals surface area contributed by atoms with E-state index in [4.69, 9.17) is 0 Å². The minimum absolute atomic E-state index is 0. The second kappa shape index (κ2) is 18.7. The van der Waals surface area contributed by atoms with E-state index in [9.17, 15) is 18.1 Å². The van der Waals surface area contributed by atoms with Crippen LogP contribution in [0.4, 0.5) is 0 Å². The summed E-state index contributed by atoms with van der Waals surface area (Å²) >= 11 is 0. The van der Waals surface area contributed by atoms with Crippen molar-refractivity contribution in [3.8, 4) is 0 Å². The van der Waals surface area contributed by atoms with Gasteiger partial charge < -0.3 is 9.66 Å². The molecule has 0 saturated heterocycles. The van der Waals surface area contributed by atoms with Gasteiger partial charge in [-0.05, 0) is 19.3 Å². The van der Waals surface area contributed by atoms with Gasteiger partial charge in [0, 0.05) is 5.75 Å². The van der Waals surface area contributed by atoms with E-state index in [0.29, 0.717) is 6.42 Å². The molecule has 0 aliphatic heterocycles. The monoisotopic (exact) mass is 372 g/mol. The molecule has 1 unspecified atom stereocenters. The molecule has 140 valence electrons. The molecule has 0 spiro atoms. The average Bonchev–Trinajstić information content (AvgIpc) is 2.47. The van der Waals surface area contributed by atoms with Gasteiger partial charge in [-0.1, -0.05) is 84.0 Å². The van der Waals surface area contributed by atoms with E-state index in [1.165, 1.54) is 44.9 Å². The molecule has 1 N–H and O–H groups in total. The van der Waals surface area contributed by atoms with Gasteiger partial charge in [-0.2, -0.15) is 0 Å². The largest absolute Gasteiger partial charge is 1.00 e. The van der Waals surface area contributed by atoms with Gasteiger partial charge in [0.25, 0.3) is 0 Å². The molecule has 0 aliphatic carbocycles. The fourth-order valence-electron chi connectivity index (χ4n) is 2.85. The first-order valence-corrected chi connectivity index (χ1v) is 11.1. The predicted molar refractivity (Wildman–Crippen MR) is 95.5 cm³/mol. The Morgan fingerprint density at radius 1 is 0.750 bits per heavy atom. The molecular formula is C18H37NaO4S. The van der Waals surface area contributed by atoms with Gasteiger partial charge in [-0.25, -0.2) is 8.42 Å². The van der Waals surface area contributed by atoms with E-state index in [1.807, 2.05) is 0 Å². The van der Waals surface area contributed by atoms with Crippen LogP contribution in [0.25, 0.3) is 0 Å². The molecule has 0 heterocycles. The van der Waals surface area contributed by atoms with Crippen LogP contribution in [0.3, 0.4) is 0 Å². The van der Waals surface area contributed by atoms with E-state index >= 15 is 0 Å². The summed E-state index contributed by atoms with van der Waals surface area (Å²) in [6.07, 6.45) is 16.2. The van der Waals surface area contributed by atoms with Crippen LogP contribution in [0.5, 0.6) is 0 Å². The zero-order valence-electron chi connectivity index (χ0n) is 16.0. The number of hydrogen-bond acceptors (Lipinski definition) is 4. The van der Waals surface area contributed by atoms with Gasteiger partial charge in [-0.3, -0.25) is 0 Å². The van der Waals surface area contributed by atoms with Crippen molar-refractivity contribution in [3.05, 3.63) is 0 Å². The smallest absolute Gasteiger partial charge is 0.748 e. The second-order valence-corrected chi connectivity index (χ2v) is 8.26. The molecular weight excluding hydrogens is 335 g/mol. The Hall–Kier alpha value is 0.870. The van der Waals surface area contributed by atoms with E-state index in [0.717, 1.165) is 44.9 Å². The number of unbranched alkanes of at least 4 members (excludes halogenated alkanes) is 11. The molecule has 0 aromatic carbocycles. The molecule has 0 fully saturated rings. The van der Waals surface area contributed by atoms with Crippen LogP contribution in [-0.2, 0) is 10.1 Å². The van der Waals surface area contributed by atoms with Gasteiger partial charge in [-0.15, -0.1) is 0 Å². The van der Waals surface area contributed by atoms with E-state index < -0.39 is 10.1 Å². The van der Waals surface area contributed by atoms with Crippen molar-refractivity contribution in [3.63, 3.8) is 0 Å². The number of aliphatic hydroxyl groups excluding tert-OH is 1. The number of rotatable bonds is 17. The summed E-state index contributed by atoms with van der Waals surface area (Å²) in [7, 11) is -4.02. The fourth-order valence-corrected chi connectivity index (χ4v) is 3.40. The quantitative estimate of drug-likeness (QED) is 0.240. The molecule has 4 nitrogen and oxygen atoms in total. The zero-order chi connectivity index (χ0) is 17.4. The Balaban J connectivity index is 0. The second-order valence-electron chi connectivity index (χ2n) is 6.74. The van der Waals surface area contributed by atoms with Crippen LogP contribution in [0.15, 0.2) is 0 Å². The van der Waals surface area contributed by atoms with Crippen LogP contribution in [0.2, 0.25) is 0 Å². The number of hydrogen-bond donors (Lipinski definition) is 1. The molecule has 6 heteroatoms. The third-order valence-corrected chi connectivity index (χ3v) is 5.11. The van der Waals surface area contributed by atoms with Crippen molar-refractivity contribution >= 4 is 10.1 Å². The minimum atomic E-state index is -4.02. The van der Waals surface area contributed by atoms with Gasteiger partial charge in [0.05, 0.1) is 16.2 Å². The van der Waals surface area contributed by atoms with Crippen LogP contribution in [0.1, 0.15) is 103 Å². The molecule has 0 aromatic rings. The van der Waals surface area contributed by atoms with E-state index in [1.54, 1.807) is 0 Å². The van der Waals surface area contributed by atoms with Crippen LogP contribution < -0.4 is 29.6 Å². The van der Waals surface area contributed by atoms with Crippen molar-refractivity contribution in [2.75, 3.05) is 5.75 Å². The molecule has 0 amide bonds. The Kier molecular flexibility index (Phi) is 21.1. The summed E-state index contributed by atoms with van der Waals surface area (Å²) < 4.78 is 31.3. The normalized spacial score (nSPS) is 12.8. The van der Waals surface area contributed by atoms with Gasteiger partial charge in [0.15, 0.2) is 0 Å². The maximum atomic E-state index is 10.4. The summed E-state index contributed by atoms with van der Waals surface area (Å²) in [5.74, 6) is -0.211. The summed E-state index contributed by atoms with van der Waals surface area (Å²) in [5.41, 5.74) is 0. The van der Waals surface area contributed by atoms with E-state index in [2.05, 4.69) is 6.92 Å². The molecule has 0 saturated carbocycles. The average molecular weight is 373 g/mol. The summed E-state index contributed by atoms with van der Waals surface area (Å²) in [5, 5.41) is 9.81. The SMILES string of the molecule is CCCCCC(O)CCCCCCCCCCCCS(=O)(=O)[O-].[Na+]. The summed E-state index contributed by atoms with van der Waals surface area (Å²) in [4.78, 5) is 0. The first kappa shape index (κ1) is 27.1. The Bertz CT molecular complexity index is 347. The van der Waals surface area contributed by atoms with Gasteiger partial charge >= 0.3 is 29.6 Å². The third kappa shape index (κ3) is 22.9. The van der Waals surface area contributed by atoms with Crippen molar-refractivity contribution in [1.82, 2.24) is 0 Å². The first-order valence-electron chi connectivity index (χ1n) is 9.57.